The summed E-state index contributed by atoms with van der Waals surface area (Å²) >= 11 is 0. The highest BCUT2D eigenvalue weighted by molar-refractivity contribution is 5.35. The molecule has 0 heterocycles. The molecular formula is C21H28N2O2. The zero-order valence-electron chi connectivity index (χ0n) is 15.4. The van der Waals surface area contributed by atoms with Crippen molar-refractivity contribution in [3.63, 3.8) is 0 Å². The maximum Gasteiger partial charge on any atom is 0.122 e. The van der Waals surface area contributed by atoms with Crippen LogP contribution in [0.4, 0.5) is 0 Å². The maximum absolute atomic E-state index is 5.37. The number of hydrogen-bond donors (Lipinski definition) is 2. The smallest absolute Gasteiger partial charge is 0.122 e. The number of ether oxygens (including phenoxy) is 2. The van der Waals surface area contributed by atoms with Crippen LogP contribution in [0.5, 0.6) is 11.5 Å². The quantitative estimate of drug-likeness (QED) is 0.695. The summed E-state index contributed by atoms with van der Waals surface area (Å²) in [5.74, 6) is 2.67. The second-order valence-corrected chi connectivity index (χ2v) is 5.94. The Labute approximate surface area is 150 Å². The van der Waals surface area contributed by atoms with Crippen LogP contribution in [-0.4, -0.2) is 27.3 Å². The van der Waals surface area contributed by atoms with Gasteiger partial charge in [0.15, 0.2) is 0 Å². The second-order valence-electron chi connectivity index (χ2n) is 5.94. The van der Waals surface area contributed by atoms with Crippen molar-refractivity contribution in [3.05, 3.63) is 71.6 Å². The number of methoxy groups -OCH3 is 2. The molecule has 4 heteroatoms. The van der Waals surface area contributed by atoms with Gasteiger partial charge in [-0.2, -0.15) is 0 Å². The van der Waals surface area contributed by atoms with Gasteiger partial charge in [-0.05, 0) is 54.7 Å². The zero-order valence-corrected chi connectivity index (χ0v) is 15.4. The van der Waals surface area contributed by atoms with Crippen LogP contribution in [-0.2, 0) is 12.8 Å². The molecule has 0 fully saturated rings. The lowest BCUT2D eigenvalue weighted by Crippen LogP contribution is -2.28. The van der Waals surface area contributed by atoms with Gasteiger partial charge in [0, 0.05) is 13.1 Å². The Morgan fingerprint density at radius 3 is 2.28 bits per heavy atom. The van der Waals surface area contributed by atoms with Gasteiger partial charge >= 0.3 is 0 Å². The van der Waals surface area contributed by atoms with Gasteiger partial charge in [0.05, 0.1) is 20.0 Å². The topological polar surface area (TPSA) is 42.5 Å². The Morgan fingerprint density at radius 1 is 0.920 bits per heavy atom. The van der Waals surface area contributed by atoms with Crippen LogP contribution in [0.15, 0.2) is 54.9 Å². The summed E-state index contributed by atoms with van der Waals surface area (Å²) in [6.45, 7) is 7.80. The predicted molar refractivity (Wildman–Crippen MR) is 103 cm³/mol. The van der Waals surface area contributed by atoms with Gasteiger partial charge in [0.1, 0.15) is 11.5 Å². The molecule has 0 aliphatic carbocycles. The summed E-state index contributed by atoms with van der Waals surface area (Å²) in [7, 11) is 3.40. The highest BCUT2D eigenvalue weighted by atomic mass is 16.5. The molecular weight excluding hydrogens is 312 g/mol. The first-order chi connectivity index (χ1) is 12.1. The van der Waals surface area contributed by atoms with Crippen LogP contribution in [0, 0.1) is 6.92 Å². The van der Waals surface area contributed by atoms with E-state index in [4.69, 9.17) is 9.47 Å². The molecule has 25 heavy (non-hydrogen) atoms. The van der Waals surface area contributed by atoms with Gasteiger partial charge in [-0.15, -0.1) is 0 Å². The average Bonchev–Trinajstić information content (AvgIpc) is 2.63. The largest absolute Gasteiger partial charge is 0.497 e. The van der Waals surface area contributed by atoms with E-state index < -0.39 is 0 Å². The van der Waals surface area contributed by atoms with Crippen LogP contribution in [0.1, 0.15) is 16.7 Å². The summed E-state index contributed by atoms with van der Waals surface area (Å²) in [6.07, 6.45) is 1.82. The summed E-state index contributed by atoms with van der Waals surface area (Å²) < 4.78 is 10.7. The highest BCUT2D eigenvalue weighted by Gasteiger charge is 2.03. The fourth-order valence-electron chi connectivity index (χ4n) is 2.71. The Bertz CT molecular complexity index is 698. The van der Waals surface area contributed by atoms with Crippen molar-refractivity contribution in [1.82, 2.24) is 10.6 Å². The van der Waals surface area contributed by atoms with Crippen LogP contribution in [0.3, 0.4) is 0 Å². The molecule has 0 saturated heterocycles. The lowest BCUT2D eigenvalue weighted by atomic mass is 10.1. The fourth-order valence-corrected chi connectivity index (χ4v) is 2.71. The normalized spacial score (nSPS) is 10.2. The van der Waals surface area contributed by atoms with E-state index in [2.05, 4.69) is 42.3 Å². The molecule has 2 aromatic carbocycles. The third-order valence-electron chi connectivity index (χ3n) is 4.21. The first-order valence-electron chi connectivity index (χ1n) is 8.56. The minimum atomic E-state index is 0.810. The lowest BCUT2D eigenvalue weighted by molar-refractivity contribution is 0.409. The summed E-state index contributed by atoms with van der Waals surface area (Å²) in [6, 6.07) is 14.3. The molecule has 0 bridgehead atoms. The molecule has 134 valence electrons. The number of para-hydroxylation sites is 1. The molecule has 0 aliphatic heterocycles. The zero-order chi connectivity index (χ0) is 18.1. The SMILES string of the molecule is C=C(NCCc1cc(OC)ccc1C)NCCc1ccccc1OC. The molecule has 0 atom stereocenters. The van der Waals surface area contributed by atoms with Crippen LogP contribution in [0.25, 0.3) is 0 Å². The summed E-state index contributed by atoms with van der Waals surface area (Å²) in [5, 5.41) is 6.65. The lowest BCUT2D eigenvalue weighted by Gasteiger charge is -2.14. The molecule has 2 N–H and O–H groups in total. The van der Waals surface area contributed by atoms with Gasteiger partial charge < -0.3 is 20.1 Å². The monoisotopic (exact) mass is 340 g/mol. The first-order valence-corrected chi connectivity index (χ1v) is 8.56. The molecule has 4 nitrogen and oxygen atoms in total. The van der Waals surface area contributed by atoms with Crippen molar-refractivity contribution in [2.45, 2.75) is 19.8 Å². The van der Waals surface area contributed by atoms with Crippen LogP contribution >= 0.6 is 0 Å². The molecule has 0 radical (unpaired) electrons. The molecule has 0 aromatic heterocycles. The average molecular weight is 340 g/mol. The standard InChI is InChI=1S/C21H28N2O2/c1-16-9-10-20(24-3)15-19(16)12-14-23-17(2)22-13-11-18-7-5-6-8-21(18)25-4/h5-10,15,22-23H,2,11-14H2,1,3-4H3. The van der Waals surface area contributed by atoms with Gasteiger partial charge in [0.2, 0.25) is 0 Å². The van der Waals surface area contributed by atoms with Gasteiger partial charge in [-0.25, -0.2) is 0 Å². The molecule has 0 spiro atoms. The van der Waals surface area contributed by atoms with E-state index in [9.17, 15) is 0 Å². The fraction of sp³-hybridized carbons (Fsp3) is 0.333. The summed E-state index contributed by atoms with van der Waals surface area (Å²) in [5.41, 5.74) is 3.75. The minimum Gasteiger partial charge on any atom is -0.497 e. The van der Waals surface area contributed by atoms with E-state index >= 15 is 0 Å². The minimum absolute atomic E-state index is 0.810. The van der Waals surface area contributed by atoms with E-state index in [-0.39, 0.29) is 0 Å². The number of rotatable bonds is 10. The Hall–Kier alpha value is -2.62. The van der Waals surface area contributed by atoms with Crippen molar-refractivity contribution in [1.29, 1.82) is 0 Å². The van der Waals surface area contributed by atoms with Crippen molar-refractivity contribution in [2.24, 2.45) is 0 Å². The molecule has 2 aromatic rings. The Kier molecular flexibility index (Phi) is 7.20. The number of benzene rings is 2. The Balaban J connectivity index is 1.72. The maximum atomic E-state index is 5.37. The van der Waals surface area contributed by atoms with Crippen molar-refractivity contribution < 1.29 is 9.47 Å². The predicted octanol–water partition coefficient (Wildman–Crippen LogP) is 3.45. The molecule has 0 saturated carbocycles. The van der Waals surface area contributed by atoms with E-state index in [1.54, 1.807) is 14.2 Å². The third-order valence-corrected chi connectivity index (χ3v) is 4.21. The van der Waals surface area contributed by atoms with E-state index in [0.717, 1.165) is 43.3 Å². The van der Waals surface area contributed by atoms with Gasteiger partial charge in [-0.1, -0.05) is 30.8 Å². The molecule has 2 rings (SSSR count). The van der Waals surface area contributed by atoms with E-state index in [0.29, 0.717) is 0 Å². The Morgan fingerprint density at radius 2 is 1.60 bits per heavy atom. The van der Waals surface area contributed by atoms with Crippen molar-refractivity contribution >= 4 is 0 Å². The van der Waals surface area contributed by atoms with Crippen LogP contribution in [0.2, 0.25) is 0 Å². The van der Waals surface area contributed by atoms with Crippen molar-refractivity contribution in [3.8, 4) is 11.5 Å². The third kappa shape index (κ3) is 5.75. The van der Waals surface area contributed by atoms with Gasteiger partial charge in [0.25, 0.3) is 0 Å². The second kappa shape index (κ2) is 9.62. The first kappa shape index (κ1) is 18.7. The molecule has 0 unspecified atom stereocenters. The highest BCUT2D eigenvalue weighted by Crippen LogP contribution is 2.18. The summed E-state index contributed by atoms with van der Waals surface area (Å²) in [4.78, 5) is 0. The molecule has 0 aliphatic rings. The molecule has 0 amide bonds. The van der Waals surface area contributed by atoms with Gasteiger partial charge in [-0.3, -0.25) is 0 Å². The number of hydrogen-bond acceptors (Lipinski definition) is 4. The number of aryl methyl sites for hydroxylation is 1. The van der Waals surface area contributed by atoms with Crippen molar-refractivity contribution in [2.75, 3.05) is 27.3 Å². The number of nitrogens with one attached hydrogen (secondary N) is 2. The van der Waals surface area contributed by atoms with E-state index in [1.165, 1.54) is 16.7 Å². The van der Waals surface area contributed by atoms with E-state index in [1.807, 2.05) is 24.3 Å². The van der Waals surface area contributed by atoms with Crippen LogP contribution < -0.4 is 20.1 Å².